The SMILES string of the molecule is Cn1c(=O)c2[nH]c(C(O)C(O)C(O)CO)nc2n(C)c1=O. The number of rotatable bonds is 4. The van der Waals surface area contributed by atoms with E-state index in [1.807, 2.05) is 0 Å². The van der Waals surface area contributed by atoms with Gasteiger partial charge in [0.2, 0.25) is 0 Å². The average Bonchev–Trinajstić information content (AvgIpc) is 2.93. The molecule has 0 saturated heterocycles. The Balaban J connectivity index is 2.59. The number of hydrogen-bond donors (Lipinski definition) is 5. The first kappa shape index (κ1) is 15.4. The number of aliphatic hydroxyl groups excluding tert-OH is 4. The van der Waals surface area contributed by atoms with Crippen LogP contribution in [0.5, 0.6) is 0 Å². The van der Waals surface area contributed by atoms with Crippen molar-refractivity contribution in [3.63, 3.8) is 0 Å². The summed E-state index contributed by atoms with van der Waals surface area (Å²) in [6, 6.07) is 0. The number of aryl methyl sites for hydroxylation is 1. The van der Waals surface area contributed by atoms with Crippen LogP contribution in [0.1, 0.15) is 11.9 Å². The number of aliphatic hydroxyl groups is 4. The normalized spacial score (nSPS) is 16.1. The number of hydrogen-bond acceptors (Lipinski definition) is 7. The molecule has 0 saturated carbocycles. The van der Waals surface area contributed by atoms with Gasteiger partial charge in [-0.05, 0) is 0 Å². The van der Waals surface area contributed by atoms with Crippen molar-refractivity contribution in [3.05, 3.63) is 26.7 Å². The highest BCUT2D eigenvalue weighted by atomic mass is 16.4. The lowest BCUT2D eigenvalue weighted by Crippen LogP contribution is -2.36. The lowest BCUT2D eigenvalue weighted by molar-refractivity contribution is -0.0800. The zero-order valence-electron chi connectivity index (χ0n) is 11.4. The highest BCUT2D eigenvalue weighted by Gasteiger charge is 2.28. The minimum atomic E-state index is -1.70. The Kier molecular flexibility index (Phi) is 3.96. The third-order valence-electron chi connectivity index (χ3n) is 3.30. The molecule has 2 rings (SSSR count). The van der Waals surface area contributed by atoms with E-state index in [1.165, 1.54) is 14.1 Å². The van der Waals surface area contributed by atoms with Gasteiger partial charge in [-0.1, -0.05) is 0 Å². The summed E-state index contributed by atoms with van der Waals surface area (Å²) in [4.78, 5) is 30.1. The van der Waals surface area contributed by atoms with Crippen molar-refractivity contribution in [1.82, 2.24) is 19.1 Å². The van der Waals surface area contributed by atoms with Gasteiger partial charge in [-0.15, -0.1) is 0 Å². The Morgan fingerprint density at radius 2 is 1.81 bits per heavy atom. The Bertz CT molecular complexity index is 775. The standard InChI is InChI=1S/C11H16N4O6/c1-14-9-5(10(20)15(2)11(14)21)12-8(13-9)7(19)6(18)4(17)3-16/h4,6-7,16-19H,3H2,1-2H3,(H,12,13). The molecule has 21 heavy (non-hydrogen) atoms. The molecular formula is C11H16N4O6. The minimum Gasteiger partial charge on any atom is -0.394 e. The van der Waals surface area contributed by atoms with Crippen LogP contribution in [-0.2, 0) is 14.1 Å². The van der Waals surface area contributed by atoms with Crippen LogP contribution in [0.25, 0.3) is 11.2 Å². The molecule has 0 bridgehead atoms. The van der Waals surface area contributed by atoms with Gasteiger partial charge >= 0.3 is 5.69 Å². The predicted octanol–water partition coefficient (Wildman–Crippen LogP) is -3.29. The van der Waals surface area contributed by atoms with Gasteiger partial charge in [0.1, 0.15) is 29.7 Å². The average molecular weight is 300 g/mol. The van der Waals surface area contributed by atoms with Gasteiger partial charge in [-0.2, -0.15) is 0 Å². The van der Waals surface area contributed by atoms with Crippen molar-refractivity contribution in [3.8, 4) is 0 Å². The summed E-state index contributed by atoms with van der Waals surface area (Å²) < 4.78 is 1.98. The number of imidazole rings is 1. The van der Waals surface area contributed by atoms with E-state index in [9.17, 15) is 24.9 Å². The quantitative estimate of drug-likeness (QED) is 0.396. The number of nitrogens with one attached hydrogen (secondary N) is 1. The molecule has 10 heteroatoms. The van der Waals surface area contributed by atoms with Crippen molar-refractivity contribution in [2.24, 2.45) is 14.1 Å². The third kappa shape index (κ3) is 2.38. The van der Waals surface area contributed by atoms with Crippen LogP contribution in [0.4, 0.5) is 0 Å². The van der Waals surface area contributed by atoms with Gasteiger partial charge in [0.05, 0.1) is 6.61 Å². The van der Waals surface area contributed by atoms with Crippen LogP contribution in [-0.4, -0.2) is 58.3 Å². The first-order valence-electron chi connectivity index (χ1n) is 6.10. The largest absolute Gasteiger partial charge is 0.394 e. The first-order chi connectivity index (χ1) is 9.79. The molecule has 2 heterocycles. The van der Waals surface area contributed by atoms with Gasteiger partial charge < -0.3 is 25.4 Å². The van der Waals surface area contributed by atoms with Crippen molar-refractivity contribution >= 4 is 11.2 Å². The van der Waals surface area contributed by atoms with Crippen LogP contribution in [0.15, 0.2) is 9.59 Å². The summed E-state index contributed by atoms with van der Waals surface area (Å²) in [7, 11) is 2.70. The summed E-state index contributed by atoms with van der Waals surface area (Å²) in [6.07, 6.45) is -4.92. The molecule has 116 valence electrons. The Labute approximate surface area is 117 Å². The van der Waals surface area contributed by atoms with E-state index in [2.05, 4.69) is 9.97 Å². The number of H-pyrrole nitrogens is 1. The maximum absolute atomic E-state index is 11.9. The van der Waals surface area contributed by atoms with Gasteiger partial charge in [0.15, 0.2) is 5.65 Å². The van der Waals surface area contributed by atoms with Crippen molar-refractivity contribution < 1.29 is 20.4 Å². The Morgan fingerprint density at radius 1 is 1.19 bits per heavy atom. The van der Waals surface area contributed by atoms with E-state index in [-0.39, 0.29) is 17.0 Å². The molecular weight excluding hydrogens is 284 g/mol. The number of fused-ring (bicyclic) bond motifs is 1. The lowest BCUT2D eigenvalue weighted by Gasteiger charge is -2.19. The van der Waals surface area contributed by atoms with E-state index in [1.54, 1.807) is 0 Å². The fourth-order valence-electron chi connectivity index (χ4n) is 1.96. The van der Waals surface area contributed by atoms with Crippen molar-refractivity contribution in [2.45, 2.75) is 18.3 Å². The molecule has 0 spiro atoms. The molecule has 0 aliphatic carbocycles. The summed E-state index contributed by atoms with van der Waals surface area (Å²) in [6.45, 7) is -0.751. The molecule has 5 N–H and O–H groups in total. The van der Waals surface area contributed by atoms with Gasteiger partial charge in [-0.3, -0.25) is 13.9 Å². The van der Waals surface area contributed by atoms with Crippen molar-refractivity contribution in [1.29, 1.82) is 0 Å². The Hall–Kier alpha value is -2.01. The molecule has 0 aliphatic heterocycles. The summed E-state index contributed by atoms with van der Waals surface area (Å²) in [5.74, 6) is -0.191. The first-order valence-corrected chi connectivity index (χ1v) is 6.10. The number of aromatic amines is 1. The third-order valence-corrected chi connectivity index (χ3v) is 3.30. The minimum absolute atomic E-state index is 0.0145. The van der Waals surface area contributed by atoms with Gasteiger partial charge in [-0.25, -0.2) is 9.78 Å². The predicted molar refractivity (Wildman–Crippen MR) is 70.6 cm³/mol. The number of aromatic nitrogens is 4. The van der Waals surface area contributed by atoms with E-state index in [4.69, 9.17) is 5.11 Å². The van der Waals surface area contributed by atoms with E-state index < -0.39 is 36.2 Å². The molecule has 0 aliphatic rings. The zero-order valence-corrected chi connectivity index (χ0v) is 11.4. The van der Waals surface area contributed by atoms with E-state index in [0.717, 1.165) is 9.13 Å². The second kappa shape index (κ2) is 5.41. The summed E-state index contributed by atoms with van der Waals surface area (Å²) in [5, 5.41) is 37.6. The maximum atomic E-state index is 11.9. The molecule has 2 aromatic rings. The highest BCUT2D eigenvalue weighted by Crippen LogP contribution is 2.18. The maximum Gasteiger partial charge on any atom is 0.332 e. The smallest absolute Gasteiger partial charge is 0.332 e. The molecule has 0 amide bonds. The fourth-order valence-corrected chi connectivity index (χ4v) is 1.96. The van der Waals surface area contributed by atoms with Crippen LogP contribution >= 0.6 is 0 Å². The zero-order chi connectivity index (χ0) is 15.9. The second-order valence-electron chi connectivity index (χ2n) is 4.71. The molecule has 3 atom stereocenters. The van der Waals surface area contributed by atoms with Gasteiger partial charge in [0, 0.05) is 14.1 Å². The van der Waals surface area contributed by atoms with Crippen LogP contribution in [0, 0.1) is 0 Å². The summed E-state index contributed by atoms with van der Waals surface area (Å²) >= 11 is 0. The molecule has 2 aromatic heterocycles. The van der Waals surface area contributed by atoms with E-state index >= 15 is 0 Å². The van der Waals surface area contributed by atoms with Gasteiger partial charge in [0.25, 0.3) is 5.56 Å². The van der Waals surface area contributed by atoms with E-state index in [0.29, 0.717) is 0 Å². The van der Waals surface area contributed by atoms with Crippen LogP contribution < -0.4 is 11.2 Å². The Morgan fingerprint density at radius 3 is 2.38 bits per heavy atom. The monoisotopic (exact) mass is 300 g/mol. The molecule has 0 aromatic carbocycles. The summed E-state index contributed by atoms with van der Waals surface area (Å²) in [5.41, 5.74) is -1.21. The topological polar surface area (TPSA) is 154 Å². The lowest BCUT2D eigenvalue weighted by atomic mass is 10.1. The highest BCUT2D eigenvalue weighted by molar-refractivity contribution is 5.69. The second-order valence-corrected chi connectivity index (χ2v) is 4.71. The molecule has 0 radical (unpaired) electrons. The van der Waals surface area contributed by atoms with Crippen LogP contribution in [0.2, 0.25) is 0 Å². The van der Waals surface area contributed by atoms with Crippen molar-refractivity contribution in [2.75, 3.05) is 6.61 Å². The molecule has 3 unspecified atom stereocenters. The number of nitrogens with zero attached hydrogens (tertiary/aromatic N) is 3. The fraction of sp³-hybridized carbons (Fsp3) is 0.545. The van der Waals surface area contributed by atoms with Crippen LogP contribution in [0.3, 0.4) is 0 Å². The molecule has 10 nitrogen and oxygen atoms in total. The molecule has 0 fully saturated rings.